The molecule has 0 bridgehead atoms. The van der Waals surface area contributed by atoms with Gasteiger partial charge in [-0.05, 0) is 19.9 Å². The van der Waals surface area contributed by atoms with Gasteiger partial charge >= 0.3 is 0 Å². The normalized spacial score (nSPS) is 13.6. The Hall–Kier alpha value is -1.42. The zero-order valence-corrected chi connectivity index (χ0v) is 9.69. The quantitative estimate of drug-likeness (QED) is 0.777. The van der Waals surface area contributed by atoms with Crippen molar-refractivity contribution in [2.45, 2.75) is 27.1 Å². The van der Waals surface area contributed by atoms with Crippen LogP contribution in [0.5, 0.6) is 0 Å². The first-order chi connectivity index (χ1) is 7.76. The number of carbonyl (C=O) groups is 1. The lowest BCUT2D eigenvalue weighted by Gasteiger charge is -2.18. The zero-order chi connectivity index (χ0) is 11.5. The molecule has 1 amide bonds. The molecule has 0 saturated heterocycles. The second kappa shape index (κ2) is 4.61. The van der Waals surface area contributed by atoms with Gasteiger partial charge in [-0.25, -0.2) is 4.98 Å². The fourth-order valence-corrected chi connectivity index (χ4v) is 1.84. The summed E-state index contributed by atoms with van der Waals surface area (Å²) in [5.41, 5.74) is 2.52. The van der Waals surface area contributed by atoms with Crippen LogP contribution in [0, 0.1) is 0 Å². The molecule has 2 heterocycles. The SMILES string of the molecule is CCN(CC)C(=O)c1ccc2c(n1)COC2. The van der Waals surface area contributed by atoms with E-state index in [1.54, 1.807) is 11.0 Å². The Morgan fingerprint density at radius 2 is 2.12 bits per heavy atom. The molecule has 0 aromatic carbocycles. The van der Waals surface area contributed by atoms with Crippen molar-refractivity contribution in [2.75, 3.05) is 13.1 Å². The van der Waals surface area contributed by atoms with E-state index in [1.807, 2.05) is 19.9 Å². The van der Waals surface area contributed by atoms with Gasteiger partial charge < -0.3 is 9.64 Å². The van der Waals surface area contributed by atoms with Crippen molar-refractivity contribution in [1.29, 1.82) is 0 Å². The minimum atomic E-state index is -0.000278. The third-order valence-corrected chi connectivity index (χ3v) is 2.83. The fourth-order valence-electron chi connectivity index (χ4n) is 1.84. The lowest BCUT2D eigenvalue weighted by Crippen LogP contribution is -2.31. The third-order valence-electron chi connectivity index (χ3n) is 2.83. The number of carbonyl (C=O) groups excluding carboxylic acids is 1. The highest BCUT2D eigenvalue weighted by molar-refractivity contribution is 5.92. The van der Waals surface area contributed by atoms with Crippen molar-refractivity contribution in [3.05, 3.63) is 29.1 Å². The summed E-state index contributed by atoms with van der Waals surface area (Å²) in [7, 11) is 0. The van der Waals surface area contributed by atoms with Gasteiger partial charge in [-0.2, -0.15) is 0 Å². The Kier molecular flexibility index (Phi) is 3.19. The van der Waals surface area contributed by atoms with Crippen LogP contribution in [0.3, 0.4) is 0 Å². The fraction of sp³-hybridized carbons (Fsp3) is 0.500. The first-order valence-electron chi connectivity index (χ1n) is 5.62. The number of amides is 1. The largest absolute Gasteiger partial charge is 0.370 e. The summed E-state index contributed by atoms with van der Waals surface area (Å²) < 4.78 is 5.28. The van der Waals surface area contributed by atoms with E-state index in [9.17, 15) is 4.79 Å². The molecule has 4 heteroatoms. The van der Waals surface area contributed by atoms with Gasteiger partial charge in [0.25, 0.3) is 5.91 Å². The molecule has 0 atom stereocenters. The molecule has 2 rings (SSSR count). The summed E-state index contributed by atoms with van der Waals surface area (Å²) in [4.78, 5) is 18.2. The van der Waals surface area contributed by atoms with Crippen molar-refractivity contribution in [1.82, 2.24) is 9.88 Å². The van der Waals surface area contributed by atoms with E-state index in [0.29, 0.717) is 32.0 Å². The highest BCUT2D eigenvalue weighted by Gasteiger charge is 2.18. The van der Waals surface area contributed by atoms with Crippen LogP contribution in [0.4, 0.5) is 0 Å². The number of hydrogen-bond acceptors (Lipinski definition) is 3. The van der Waals surface area contributed by atoms with Gasteiger partial charge in [0.15, 0.2) is 0 Å². The maximum atomic E-state index is 12.0. The highest BCUT2D eigenvalue weighted by atomic mass is 16.5. The molecule has 4 nitrogen and oxygen atoms in total. The van der Waals surface area contributed by atoms with E-state index < -0.39 is 0 Å². The average molecular weight is 220 g/mol. The van der Waals surface area contributed by atoms with Crippen LogP contribution in [0.15, 0.2) is 12.1 Å². The predicted molar refractivity (Wildman–Crippen MR) is 60.0 cm³/mol. The molecule has 1 aromatic rings. The summed E-state index contributed by atoms with van der Waals surface area (Å²) in [6.07, 6.45) is 0. The van der Waals surface area contributed by atoms with Crippen molar-refractivity contribution in [2.24, 2.45) is 0 Å². The molecule has 86 valence electrons. The smallest absolute Gasteiger partial charge is 0.272 e. The number of aromatic nitrogens is 1. The van der Waals surface area contributed by atoms with Crippen LogP contribution in [-0.2, 0) is 18.0 Å². The number of rotatable bonds is 3. The van der Waals surface area contributed by atoms with E-state index in [4.69, 9.17) is 4.74 Å². The molecule has 0 fully saturated rings. The molecule has 0 radical (unpaired) electrons. The van der Waals surface area contributed by atoms with E-state index in [1.165, 1.54) is 0 Å². The third kappa shape index (κ3) is 1.93. The Labute approximate surface area is 95.2 Å². The summed E-state index contributed by atoms with van der Waals surface area (Å²) >= 11 is 0. The van der Waals surface area contributed by atoms with Crippen LogP contribution in [0.1, 0.15) is 35.6 Å². The van der Waals surface area contributed by atoms with Gasteiger partial charge in [0.1, 0.15) is 5.69 Å². The number of nitrogens with zero attached hydrogens (tertiary/aromatic N) is 2. The van der Waals surface area contributed by atoms with E-state index in [-0.39, 0.29) is 5.91 Å². The average Bonchev–Trinajstić information content (AvgIpc) is 2.77. The molecule has 0 spiro atoms. The van der Waals surface area contributed by atoms with Crippen molar-refractivity contribution in [3.8, 4) is 0 Å². The molecular formula is C12H16N2O2. The number of hydrogen-bond donors (Lipinski definition) is 0. The topological polar surface area (TPSA) is 42.4 Å². The molecule has 0 unspecified atom stereocenters. The minimum Gasteiger partial charge on any atom is -0.370 e. The van der Waals surface area contributed by atoms with Gasteiger partial charge in [0, 0.05) is 18.7 Å². The van der Waals surface area contributed by atoms with Crippen LogP contribution in [0.2, 0.25) is 0 Å². The first kappa shape index (κ1) is 11.1. The van der Waals surface area contributed by atoms with E-state index in [0.717, 1.165) is 11.3 Å². The van der Waals surface area contributed by atoms with Crippen molar-refractivity contribution >= 4 is 5.91 Å². The Balaban J connectivity index is 2.24. The lowest BCUT2D eigenvalue weighted by atomic mass is 10.2. The summed E-state index contributed by atoms with van der Waals surface area (Å²) in [5.74, 6) is -0.000278. The Morgan fingerprint density at radius 3 is 2.81 bits per heavy atom. The van der Waals surface area contributed by atoms with Crippen LogP contribution < -0.4 is 0 Å². The molecule has 16 heavy (non-hydrogen) atoms. The van der Waals surface area contributed by atoms with Crippen molar-refractivity contribution in [3.63, 3.8) is 0 Å². The monoisotopic (exact) mass is 220 g/mol. The molecule has 1 aromatic heterocycles. The molecular weight excluding hydrogens is 204 g/mol. The maximum absolute atomic E-state index is 12.0. The Bertz CT molecular complexity index is 400. The maximum Gasteiger partial charge on any atom is 0.272 e. The Morgan fingerprint density at radius 1 is 1.38 bits per heavy atom. The lowest BCUT2D eigenvalue weighted by molar-refractivity contribution is 0.0766. The standard InChI is InChI=1S/C12H16N2O2/c1-3-14(4-2)12(15)10-6-5-9-7-16-8-11(9)13-10/h5-6H,3-4,7-8H2,1-2H3. The zero-order valence-electron chi connectivity index (χ0n) is 9.69. The molecule has 1 aliphatic rings. The van der Waals surface area contributed by atoms with E-state index in [2.05, 4.69) is 4.98 Å². The van der Waals surface area contributed by atoms with Gasteiger partial charge in [-0.3, -0.25) is 4.79 Å². The summed E-state index contributed by atoms with van der Waals surface area (Å²) in [5, 5.41) is 0. The van der Waals surface area contributed by atoms with Crippen LogP contribution >= 0.6 is 0 Å². The molecule has 0 saturated carbocycles. The van der Waals surface area contributed by atoms with Gasteiger partial charge in [0.2, 0.25) is 0 Å². The molecule has 1 aliphatic heterocycles. The first-order valence-corrected chi connectivity index (χ1v) is 5.62. The molecule has 0 N–H and O–H groups in total. The van der Waals surface area contributed by atoms with Gasteiger partial charge in [-0.1, -0.05) is 6.07 Å². The van der Waals surface area contributed by atoms with Crippen molar-refractivity contribution < 1.29 is 9.53 Å². The second-order valence-corrected chi connectivity index (χ2v) is 3.77. The second-order valence-electron chi connectivity index (χ2n) is 3.77. The minimum absolute atomic E-state index is 0.000278. The number of pyridine rings is 1. The summed E-state index contributed by atoms with van der Waals surface area (Å²) in [6, 6.07) is 3.72. The van der Waals surface area contributed by atoms with Gasteiger partial charge in [-0.15, -0.1) is 0 Å². The summed E-state index contributed by atoms with van der Waals surface area (Å²) in [6.45, 7) is 6.50. The predicted octanol–water partition coefficient (Wildman–Crippen LogP) is 1.59. The molecule has 0 aliphatic carbocycles. The van der Waals surface area contributed by atoms with E-state index >= 15 is 0 Å². The van der Waals surface area contributed by atoms with Crippen LogP contribution in [-0.4, -0.2) is 28.9 Å². The number of fused-ring (bicyclic) bond motifs is 1. The van der Waals surface area contributed by atoms with Gasteiger partial charge in [0.05, 0.1) is 18.9 Å². The highest BCUT2D eigenvalue weighted by Crippen LogP contribution is 2.18. The van der Waals surface area contributed by atoms with Crippen LogP contribution in [0.25, 0.3) is 0 Å². The number of ether oxygens (including phenoxy) is 1.